The molecule has 0 fully saturated rings. The zero-order valence-electron chi connectivity index (χ0n) is 15.1. The molecule has 0 N–H and O–H groups in total. The number of nitriles is 1. The molecule has 2 aromatic carbocycles. The SMILES string of the molecule is CC(C)Oc1ccc(-c2nc(N3c4ccc5cc4CCC53)no2)cc1C#N. The molecule has 6 heteroatoms. The molecule has 0 saturated carbocycles. The number of anilines is 2. The Morgan fingerprint density at radius 3 is 2.89 bits per heavy atom. The van der Waals surface area contributed by atoms with Crippen LogP contribution in [0.25, 0.3) is 11.5 Å². The fourth-order valence-electron chi connectivity index (χ4n) is 3.94. The summed E-state index contributed by atoms with van der Waals surface area (Å²) in [5, 5.41) is 13.6. The van der Waals surface area contributed by atoms with Gasteiger partial charge in [0.15, 0.2) is 0 Å². The minimum Gasteiger partial charge on any atom is -0.490 e. The summed E-state index contributed by atoms with van der Waals surface area (Å²) in [6, 6.07) is 14.4. The highest BCUT2D eigenvalue weighted by atomic mass is 16.5. The van der Waals surface area contributed by atoms with Crippen LogP contribution in [0.1, 0.15) is 43.0 Å². The van der Waals surface area contributed by atoms with Crippen molar-refractivity contribution in [1.29, 1.82) is 5.26 Å². The largest absolute Gasteiger partial charge is 0.490 e. The average Bonchev–Trinajstić information content (AvgIpc) is 3.17. The van der Waals surface area contributed by atoms with Gasteiger partial charge >= 0.3 is 0 Å². The quantitative estimate of drug-likeness (QED) is 0.682. The summed E-state index contributed by atoms with van der Waals surface area (Å²) in [5.41, 5.74) is 4.96. The van der Waals surface area contributed by atoms with Gasteiger partial charge in [0.2, 0.25) is 0 Å². The molecule has 1 unspecified atom stereocenters. The first kappa shape index (κ1) is 15.9. The van der Waals surface area contributed by atoms with Crippen LogP contribution in [0.15, 0.2) is 40.9 Å². The van der Waals surface area contributed by atoms with E-state index in [1.807, 2.05) is 19.9 Å². The smallest absolute Gasteiger partial charge is 0.271 e. The summed E-state index contributed by atoms with van der Waals surface area (Å²) >= 11 is 0. The molecule has 134 valence electrons. The summed E-state index contributed by atoms with van der Waals surface area (Å²) in [4.78, 5) is 6.77. The number of aryl methyl sites for hydroxylation is 1. The number of benzene rings is 2. The molecule has 4 aliphatic rings. The average molecular weight is 358 g/mol. The van der Waals surface area contributed by atoms with Gasteiger partial charge in [-0.15, -0.1) is 0 Å². The lowest BCUT2D eigenvalue weighted by Gasteiger charge is -2.41. The first-order valence-electron chi connectivity index (χ1n) is 9.11. The lowest BCUT2D eigenvalue weighted by molar-refractivity contribution is 0.242. The van der Waals surface area contributed by atoms with E-state index in [0.29, 0.717) is 28.7 Å². The van der Waals surface area contributed by atoms with Gasteiger partial charge in [-0.05, 0) is 67.2 Å². The summed E-state index contributed by atoms with van der Waals surface area (Å²) < 4.78 is 11.2. The van der Waals surface area contributed by atoms with Gasteiger partial charge in [0.05, 0.1) is 17.7 Å². The van der Waals surface area contributed by atoms with E-state index in [2.05, 4.69) is 39.3 Å². The normalized spacial score (nSPS) is 16.8. The minimum atomic E-state index is -0.000196. The highest BCUT2D eigenvalue weighted by Gasteiger charge is 2.36. The van der Waals surface area contributed by atoms with Crippen LogP contribution in [0.4, 0.5) is 11.6 Å². The molecule has 4 heterocycles. The van der Waals surface area contributed by atoms with Crippen molar-refractivity contribution in [3.05, 3.63) is 53.1 Å². The summed E-state index contributed by atoms with van der Waals surface area (Å²) in [7, 11) is 0. The molecule has 6 nitrogen and oxygen atoms in total. The predicted molar refractivity (Wildman–Crippen MR) is 99.9 cm³/mol. The molecule has 1 aromatic heterocycles. The van der Waals surface area contributed by atoms with Crippen molar-refractivity contribution in [2.24, 2.45) is 0 Å². The van der Waals surface area contributed by atoms with E-state index in [-0.39, 0.29) is 12.1 Å². The van der Waals surface area contributed by atoms with Crippen molar-refractivity contribution >= 4 is 11.6 Å². The molecular formula is C21H18N4O2. The van der Waals surface area contributed by atoms with E-state index < -0.39 is 0 Å². The number of fused-ring (bicyclic) bond motifs is 2. The Kier molecular flexibility index (Phi) is 3.44. The molecule has 3 aliphatic heterocycles. The Morgan fingerprint density at radius 1 is 1.26 bits per heavy atom. The first-order valence-corrected chi connectivity index (χ1v) is 9.11. The monoisotopic (exact) mass is 358 g/mol. The zero-order valence-corrected chi connectivity index (χ0v) is 15.1. The van der Waals surface area contributed by atoms with Crippen LogP contribution in [0, 0.1) is 11.3 Å². The van der Waals surface area contributed by atoms with Crippen molar-refractivity contribution in [2.75, 3.05) is 4.90 Å². The molecule has 4 bridgehead atoms. The minimum absolute atomic E-state index is 0.000196. The fraction of sp³-hybridized carbons (Fsp3) is 0.286. The van der Waals surface area contributed by atoms with Crippen molar-refractivity contribution in [3.8, 4) is 23.3 Å². The van der Waals surface area contributed by atoms with Crippen LogP contribution in [0.2, 0.25) is 0 Å². The highest BCUT2D eigenvalue weighted by Crippen LogP contribution is 2.48. The Balaban J connectivity index is 1.49. The first-order chi connectivity index (χ1) is 13.1. The number of aromatic nitrogens is 2. The molecule has 27 heavy (non-hydrogen) atoms. The van der Waals surface area contributed by atoms with E-state index in [9.17, 15) is 5.26 Å². The number of hydrogen-bond donors (Lipinski definition) is 0. The van der Waals surface area contributed by atoms with E-state index in [0.717, 1.165) is 18.5 Å². The summed E-state index contributed by atoms with van der Waals surface area (Å²) in [6.45, 7) is 3.86. The molecule has 7 rings (SSSR count). The zero-order chi connectivity index (χ0) is 18.5. The molecule has 3 aromatic rings. The predicted octanol–water partition coefficient (Wildman–Crippen LogP) is 4.53. The van der Waals surface area contributed by atoms with Crippen LogP contribution in [-0.4, -0.2) is 16.2 Å². The Hall–Kier alpha value is -3.33. The Morgan fingerprint density at radius 2 is 2.15 bits per heavy atom. The van der Waals surface area contributed by atoms with Crippen LogP contribution in [0.5, 0.6) is 5.75 Å². The lowest BCUT2D eigenvalue weighted by Crippen LogP contribution is -2.34. The summed E-state index contributed by atoms with van der Waals surface area (Å²) in [5.74, 6) is 1.53. The second-order valence-electron chi connectivity index (χ2n) is 7.20. The molecule has 0 spiro atoms. The maximum Gasteiger partial charge on any atom is 0.271 e. The van der Waals surface area contributed by atoms with Gasteiger partial charge < -0.3 is 14.2 Å². The maximum absolute atomic E-state index is 9.43. The van der Waals surface area contributed by atoms with Crippen molar-refractivity contribution in [3.63, 3.8) is 0 Å². The van der Waals surface area contributed by atoms with Crippen molar-refractivity contribution in [2.45, 2.75) is 38.8 Å². The van der Waals surface area contributed by atoms with Gasteiger partial charge in [-0.2, -0.15) is 10.2 Å². The van der Waals surface area contributed by atoms with E-state index in [4.69, 9.17) is 9.26 Å². The van der Waals surface area contributed by atoms with Gasteiger partial charge in [-0.3, -0.25) is 0 Å². The van der Waals surface area contributed by atoms with Gasteiger partial charge in [0.25, 0.3) is 11.8 Å². The molecule has 1 aliphatic carbocycles. The third kappa shape index (κ3) is 2.47. The van der Waals surface area contributed by atoms with Crippen LogP contribution in [-0.2, 0) is 6.42 Å². The number of nitrogens with zero attached hydrogens (tertiary/aromatic N) is 4. The second kappa shape index (κ2) is 5.85. The van der Waals surface area contributed by atoms with Crippen LogP contribution >= 0.6 is 0 Å². The molecule has 0 amide bonds. The third-order valence-electron chi connectivity index (χ3n) is 5.09. The number of ether oxygens (including phenoxy) is 1. The highest BCUT2D eigenvalue weighted by molar-refractivity contribution is 5.71. The Bertz CT molecular complexity index is 1080. The molecule has 0 saturated heterocycles. The van der Waals surface area contributed by atoms with Gasteiger partial charge in [0.1, 0.15) is 11.8 Å². The second-order valence-corrected chi connectivity index (χ2v) is 7.20. The van der Waals surface area contributed by atoms with E-state index >= 15 is 0 Å². The molecular weight excluding hydrogens is 340 g/mol. The lowest BCUT2D eigenvalue weighted by atomic mass is 9.83. The van der Waals surface area contributed by atoms with Gasteiger partial charge in [-0.1, -0.05) is 12.1 Å². The number of rotatable bonds is 4. The van der Waals surface area contributed by atoms with Crippen molar-refractivity contribution in [1.82, 2.24) is 10.1 Å². The Labute approximate surface area is 157 Å². The van der Waals surface area contributed by atoms with Gasteiger partial charge in [0, 0.05) is 11.3 Å². The standard InChI is InChI=1S/C21H18N4O2/c1-12(2)26-19-8-5-15(10-16(19)11-22)20-23-21(24-27-20)25-17-6-3-13-9-14(17)4-7-18(13)25/h3,5-6,8-10,12,18H,4,7H2,1-2H3. The van der Waals surface area contributed by atoms with E-state index in [1.165, 1.54) is 11.1 Å². The van der Waals surface area contributed by atoms with E-state index in [1.54, 1.807) is 12.1 Å². The molecule has 1 atom stereocenters. The van der Waals surface area contributed by atoms with Gasteiger partial charge in [-0.25, -0.2) is 0 Å². The maximum atomic E-state index is 9.43. The molecule has 0 radical (unpaired) electrons. The van der Waals surface area contributed by atoms with Crippen LogP contribution in [0.3, 0.4) is 0 Å². The topological polar surface area (TPSA) is 75.2 Å². The van der Waals surface area contributed by atoms with Crippen LogP contribution < -0.4 is 9.64 Å². The number of hydrogen-bond acceptors (Lipinski definition) is 6. The summed E-state index contributed by atoms with van der Waals surface area (Å²) in [6.07, 6.45) is 2.16. The third-order valence-corrected chi connectivity index (χ3v) is 5.09. The fourth-order valence-corrected chi connectivity index (χ4v) is 3.94. The van der Waals surface area contributed by atoms with Crippen molar-refractivity contribution < 1.29 is 9.26 Å².